The summed E-state index contributed by atoms with van der Waals surface area (Å²) in [5.74, 6) is -0.682. The molecule has 0 saturated carbocycles. The summed E-state index contributed by atoms with van der Waals surface area (Å²) in [7, 11) is 1.59. The number of likely N-dealkylation sites (tertiary alicyclic amines) is 1. The first-order chi connectivity index (χ1) is 9.86. The Kier molecular flexibility index (Phi) is 6.61. The predicted octanol–water partition coefficient (Wildman–Crippen LogP) is -0.929. The highest BCUT2D eigenvalue weighted by Gasteiger charge is 2.28. The largest absolute Gasteiger partial charge is 0.359 e. The van der Waals surface area contributed by atoms with Crippen molar-refractivity contribution >= 4 is 17.7 Å². The summed E-state index contributed by atoms with van der Waals surface area (Å²) in [5, 5.41) is 5.17. The van der Waals surface area contributed by atoms with Gasteiger partial charge in [-0.1, -0.05) is 13.8 Å². The van der Waals surface area contributed by atoms with Gasteiger partial charge in [-0.25, -0.2) is 0 Å². The molecule has 0 spiro atoms. The van der Waals surface area contributed by atoms with Gasteiger partial charge in [-0.2, -0.15) is 0 Å². The molecule has 0 aromatic rings. The van der Waals surface area contributed by atoms with E-state index in [2.05, 4.69) is 10.6 Å². The molecule has 0 aromatic carbocycles. The summed E-state index contributed by atoms with van der Waals surface area (Å²) >= 11 is 0. The van der Waals surface area contributed by atoms with Gasteiger partial charge in [0, 0.05) is 20.1 Å². The molecule has 1 heterocycles. The summed E-state index contributed by atoms with van der Waals surface area (Å²) in [6.45, 7) is 4.66. The quantitative estimate of drug-likeness (QED) is 0.610. The Morgan fingerprint density at radius 2 is 2.00 bits per heavy atom. The Labute approximate surface area is 125 Å². The number of hydrogen-bond acceptors (Lipinski definition) is 4. The molecule has 1 aliphatic rings. The first kappa shape index (κ1) is 17.4. The van der Waals surface area contributed by atoms with Gasteiger partial charge < -0.3 is 21.3 Å². The van der Waals surface area contributed by atoms with Crippen molar-refractivity contribution in [2.24, 2.45) is 17.6 Å². The Bertz CT molecular complexity index is 398. The van der Waals surface area contributed by atoms with Gasteiger partial charge in [-0.05, 0) is 18.8 Å². The first-order valence-corrected chi connectivity index (χ1v) is 7.39. The molecule has 2 atom stereocenters. The molecular formula is C14H26N4O3. The number of amides is 3. The maximum atomic E-state index is 12.1. The second kappa shape index (κ2) is 7.97. The van der Waals surface area contributed by atoms with Crippen LogP contribution in [-0.4, -0.2) is 55.3 Å². The van der Waals surface area contributed by atoms with Crippen molar-refractivity contribution < 1.29 is 14.4 Å². The molecule has 1 unspecified atom stereocenters. The lowest BCUT2D eigenvalue weighted by molar-refractivity contribution is -0.136. The van der Waals surface area contributed by atoms with E-state index in [-0.39, 0.29) is 36.1 Å². The van der Waals surface area contributed by atoms with E-state index in [4.69, 9.17) is 5.73 Å². The van der Waals surface area contributed by atoms with Crippen LogP contribution in [0, 0.1) is 11.8 Å². The molecule has 0 radical (unpaired) electrons. The lowest BCUT2D eigenvalue weighted by atomic mass is 9.97. The minimum absolute atomic E-state index is 0.0210. The Morgan fingerprint density at radius 1 is 1.33 bits per heavy atom. The van der Waals surface area contributed by atoms with Gasteiger partial charge in [0.05, 0.1) is 18.5 Å². The number of hydrogen-bond donors (Lipinski definition) is 3. The number of carbonyl (C=O) groups is 3. The smallest absolute Gasteiger partial charge is 0.241 e. The maximum Gasteiger partial charge on any atom is 0.241 e. The highest BCUT2D eigenvalue weighted by atomic mass is 16.2. The average Bonchev–Trinajstić information content (AvgIpc) is 2.50. The molecular weight excluding hydrogens is 272 g/mol. The van der Waals surface area contributed by atoms with E-state index < -0.39 is 6.04 Å². The molecule has 1 saturated heterocycles. The summed E-state index contributed by atoms with van der Waals surface area (Å²) in [4.78, 5) is 37.1. The zero-order chi connectivity index (χ0) is 16.0. The fraction of sp³-hybridized carbons (Fsp3) is 0.786. The molecule has 4 N–H and O–H groups in total. The molecule has 0 bridgehead atoms. The molecule has 3 amide bonds. The van der Waals surface area contributed by atoms with E-state index in [1.54, 1.807) is 11.9 Å². The van der Waals surface area contributed by atoms with Crippen LogP contribution in [0.4, 0.5) is 0 Å². The van der Waals surface area contributed by atoms with E-state index in [0.717, 1.165) is 12.8 Å². The van der Waals surface area contributed by atoms with E-state index in [1.807, 2.05) is 13.8 Å². The van der Waals surface area contributed by atoms with Crippen LogP contribution in [0.5, 0.6) is 0 Å². The number of nitrogens with one attached hydrogen (secondary N) is 2. The lowest BCUT2D eigenvalue weighted by Crippen LogP contribution is -2.50. The van der Waals surface area contributed by atoms with E-state index in [9.17, 15) is 14.4 Å². The van der Waals surface area contributed by atoms with Crippen LogP contribution in [0.3, 0.4) is 0 Å². The van der Waals surface area contributed by atoms with Crippen LogP contribution >= 0.6 is 0 Å². The van der Waals surface area contributed by atoms with Gasteiger partial charge in [-0.15, -0.1) is 0 Å². The third-order valence-electron chi connectivity index (χ3n) is 3.83. The molecule has 1 fully saturated rings. The van der Waals surface area contributed by atoms with Crippen molar-refractivity contribution in [2.45, 2.75) is 32.7 Å². The number of carbonyl (C=O) groups excluding carboxylic acids is 3. The Hall–Kier alpha value is -1.63. The number of nitrogens with two attached hydrogens (primary N) is 1. The molecule has 0 aliphatic carbocycles. The van der Waals surface area contributed by atoms with Gasteiger partial charge in [0.25, 0.3) is 0 Å². The highest BCUT2D eigenvalue weighted by molar-refractivity contribution is 5.88. The third-order valence-corrected chi connectivity index (χ3v) is 3.83. The van der Waals surface area contributed by atoms with Crippen LogP contribution in [0.25, 0.3) is 0 Å². The topological polar surface area (TPSA) is 105 Å². The van der Waals surface area contributed by atoms with Crippen LogP contribution in [0.2, 0.25) is 0 Å². The third kappa shape index (κ3) is 5.00. The number of rotatable bonds is 5. The minimum Gasteiger partial charge on any atom is -0.359 e. The molecule has 120 valence electrons. The first-order valence-electron chi connectivity index (χ1n) is 7.39. The van der Waals surface area contributed by atoms with Gasteiger partial charge >= 0.3 is 0 Å². The van der Waals surface area contributed by atoms with Gasteiger partial charge in [0.15, 0.2) is 0 Å². The van der Waals surface area contributed by atoms with Gasteiger partial charge in [0.2, 0.25) is 17.7 Å². The van der Waals surface area contributed by atoms with Crippen LogP contribution in [-0.2, 0) is 14.4 Å². The zero-order valence-corrected chi connectivity index (χ0v) is 13.0. The predicted molar refractivity (Wildman–Crippen MR) is 79.2 cm³/mol. The molecule has 7 nitrogen and oxygen atoms in total. The van der Waals surface area contributed by atoms with E-state index in [0.29, 0.717) is 13.1 Å². The number of piperidine rings is 1. The lowest BCUT2D eigenvalue weighted by Gasteiger charge is -2.32. The molecule has 21 heavy (non-hydrogen) atoms. The standard InChI is InChI=1S/C14H26N4O3/c1-9(2)12(15)14(21)17-7-11(19)18-6-4-5-10(8-18)13(20)16-3/h9-10,12H,4-8,15H2,1-3H3,(H,16,20)(H,17,21)/t10?,12-/m0/s1. The van der Waals surface area contributed by atoms with Crippen LogP contribution in [0.15, 0.2) is 0 Å². The second-order valence-corrected chi connectivity index (χ2v) is 5.78. The van der Waals surface area contributed by atoms with Gasteiger partial charge in [-0.3, -0.25) is 14.4 Å². The normalized spacial score (nSPS) is 20.0. The molecule has 7 heteroatoms. The van der Waals surface area contributed by atoms with Crippen molar-refractivity contribution in [3.8, 4) is 0 Å². The SMILES string of the molecule is CNC(=O)C1CCCN(C(=O)CNC(=O)[C@@H](N)C(C)C)C1. The van der Waals surface area contributed by atoms with Crippen molar-refractivity contribution in [3.63, 3.8) is 0 Å². The van der Waals surface area contributed by atoms with E-state index in [1.165, 1.54) is 0 Å². The average molecular weight is 298 g/mol. The maximum absolute atomic E-state index is 12.1. The summed E-state index contributed by atoms with van der Waals surface area (Å²) in [5.41, 5.74) is 5.71. The van der Waals surface area contributed by atoms with Crippen molar-refractivity contribution in [3.05, 3.63) is 0 Å². The Balaban J connectivity index is 2.45. The minimum atomic E-state index is -0.613. The zero-order valence-electron chi connectivity index (χ0n) is 13.0. The van der Waals surface area contributed by atoms with Gasteiger partial charge in [0.1, 0.15) is 0 Å². The van der Waals surface area contributed by atoms with Crippen molar-refractivity contribution in [1.82, 2.24) is 15.5 Å². The summed E-state index contributed by atoms with van der Waals surface area (Å²) in [6.07, 6.45) is 1.58. The van der Waals surface area contributed by atoms with Crippen molar-refractivity contribution in [2.75, 3.05) is 26.7 Å². The highest BCUT2D eigenvalue weighted by Crippen LogP contribution is 2.16. The fourth-order valence-electron chi connectivity index (χ4n) is 2.32. The van der Waals surface area contributed by atoms with E-state index >= 15 is 0 Å². The van der Waals surface area contributed by atoms with Crippen molar-refractivity contribution in [1.29, 1.82) is 0 Å². The Morgan fingerprint density at radius 3 is 2.57 bits per heavy atom. The molecule has 1 rings (SSSR count). The number of nitrogens with zero attached hydrogens (tertiary/aromatic N) is 1. The van der Waals surface area contributed by atoms with Crippen LogP contribution in [0.1, 0.15) is 26.7 Å². The summed E-state index contributed by atoms with van der Waals surface area (Å²) in [6, 6.07) is -0.613. The van der Waals surface area contributed by atoms with Crippen LogP contribution < -0.4 is 16.4 Å². The monoisotopic (exact) mass is 298 g/mol. The fourth-order valence-corrected chi connectivity index (χ4v) is 2.32. The molecule has 0 aromatic heterocycles. The summed E-state index contributed by atoms with van der Waals surface area (Å²) < 4.78 is 0. The second-order valence-electron chi connectivity index (χ2n) is 5.78. The molecule has 1 aliphatic heterocycles.